The Labute approximate surface area is 109 Å². The Morgan fingerprint density at radius 2 is 2.12 bits per heavy atom. The topological polar surface area (TPSA) is 46.2 Å². The van der Waals surface area contributed by atoms with E-state index in [1.807, 2.05) is 11.4 Å². The summed E-state index contributed by atoms with van der Waals surface area (Å²) in [6.07, 6.45) is 1.27. The highest BCUT2D eigenvalue weighted by molar-refractivity contribution is 9.10. The van der Waals surface area contributed by atoms with E-state index in [-0.39, 0.29) is 0 Å². The van der Waals surface area contributed by atoms with Gasteiger partial charge in [-0.1, -0.05) is 0 Å². The predicted octanol–water partition coefficient (Wildman–Crippen LogP) is 2.42. The molecule has 0 aliphatic heterocycles. The molecule has 0 aromatic carbocycles. The number of hydrogen-bond acceptors (Lipinski definition) is 4. The summed E-state index contributed by atoms with van der Waals surface area (Å²) in [6.45, 7) is 4.63. The zero-order valence-corrected chi connectivity index (χ0v) is 12.8. The first-order chi connectivity index (χ1) is 7.22. The average Bonchev–Trinajstić information content (AvgIpc) is 2.49. The molecule has 92 valence electrons. The van der Waals surface area contributed by atoms with E-state index in [0.717, 1.165) is 4.47 Å². The highest BCUT2D eigenvalue weighted by atomic mass is 79.9. The van der Waals surface area contributed by atoms with E-state index in [4.69, 9.17) is 0 Å². The van der Waals surface area contributed by atoms with Gasteiger partial charge in [0.15, 0.2) is 9.84 Å². The summed E-state index contributed by atoms with van der Waals surface area (Å²) in [6, 6.07) is 2.03. The van der Waals surface area contributed by atoms with Crippen LogP contribution < -0.4 is 5.32 Å². The van der Waals surface area contributed by atoms with Gasteiger partial charge in [-0.05, 0) is 35.8 Å². The van der Waals surface area contributed by atoms with Gasteiger partial charge >= 0.3 is 0 Å². The van der Waals surface area contributed by atoms with Crippen LogP contribution in [-0.4, -0.2) is 26.0 Å². The number of halogens is 1. The monoisotopic (exact) mass is 325 g/mol. The number of hydrogen-bond donors (Lipinski definition) is 1. The highest BCUT2D eigenvalue weighted by Gasteiger charge is 2.29. The van der Waals surface area contributed by atoms with Crippen molar-refractivity contribution in [3.63, 3.8) is 0 Å². The van der Waals surface area contributed by atoms with E-state index in [2.05, 4.69) is 21.2 Å². The maximum absolute atomic E-state index is 11.5. The third kappa shape index (κ3) is 3.84. The van der Waals surface area contributed by atoms with Crippen LogP contribution in [0.15, 0.2) is 15.9 Å². The van der Waals surface area contributed by atoms with E-state index in [1.54, 1.807) is 25.2 Å². The van der Waals surface area contributed by atoms with Crippen molar-refractivity contribution in [3.8, 4) is 0 Å². The minimum Gasteiger partial charge on any atom is -0.310 e. The fraction of sp³-hybridized carbons (Fsp3) is 0.600. The van der Waals surface area contributed by atoms with Gasteiger partial charge in [-0.25, -0.2) is 8.42 Å². The third-order valence-corrected chi connectivity index (χ3v) is 6.32. The van der Waals surface area contributed by atoms with Crippen LogP contribution >= 0.6 is 27.3 Å². The second-order valence-corrected chi connectivity index (χ2v) is 8.93. The van der Waals surface area contributed by atoms with Crippen molar-refractivity contribution in [1.29, 1.82) is 0 Å². The summed E-state index contributed by atoms with van der Waals surface area (Å²) in [4.78, 5) is 1.19. The van der Waals surface area contributed by atoms with Crippen molar-refractivity contribution in [2.75, 3.05) is 12.8 Å². The largest absolute Gasteiger partial charge is 0.310 e. The molecule has 1 rings (SSSR count). The fourth-order valence-electron chi connectivity index (χ4n) is 1.06. The minimum atomic E-state index is -3.02. The van der Waals surface area contributed by atoms with Gasteiger partial charge in [-0.2, -0.15) is 0 Å². The van der Waals surface area contributed by atoms with E-state index in [9.17, 15) is 8.42 Å². The zero-order chi connectivity index (χ0) is 12.4. The second-order valence-electron chi connectivity index (χ2n) is 4.37. The molecule has 1 heterocycles. The maximum Gasteiger partial charge on any atom is 0.153 e. The molecule has 0 saturated heterocycles. The quantitative estimate of drug-likeness (QED) is 0.904. The first-order valence-corrected chi connectivity index (χ1v) is 8.42. The molecule has 0 fully saturated rings. The minimum absolute atomic E-state index is 0.460. The Morgan fingerprint density at radius 1 is 1.50 bits per heavy atom. The normalized spacial score (nSPS) is 13.0. The van der Waals surface area contributed by atoms with Crippen LogP contribution in [0, 0.1) is 0 Å². The lowest BCUT2D eigenvalue weighted by atomic mass is 10.2. The van der Waals surface area contributed by atoms with Crippen molar-refractivity contribution in [2.24, 2.45) is 0 Å². The molecule has 0 amide bonds. The lowest BCUT2D eigenvalue weighted by Gasteiger charge is -2.22. The number of rotatable bonds is 5. The van der Waals surface area contributed by atoms with Crippen LogP contribution in [-0.2, 0) is 16.4 Å². The molecule has 0 radical (unpaired) electrons. The summed E-state index contributed by atoms with van der Waals surface area (Å²) >= 11 is 5.03. The van der Waals surface area contributed by atoms with Gasteiger partial charge in [0, 0.05) is 34.1 Å². The summed E-state index contributed by atoms with van der Waals surface area (Å²) in [7, 11) is -3.02. The van der Waals surface area contributed by atoms with Gasteiger partial charge in [0.05, 0.1) is 4.75 Å². The smallest absolute Gasteiger partial charge is 0.153 e. The van der Waals surface area contributed by atoms with Crippen molar-refractivity contribution >= 4 is 37.1 Å². The standard InChI is InChI=1S/C10H16BrNO2S2/c1-10(2,16(3,13)14)7-12-5-9-4-8(11)6-15-9/h4,6,12H,5,7H2,1-3H3. The van der Waals surface area contributed by atoms with Gasteiger partial charge < -0.3 is 5.32 Å². The molecule has 1 aromatic rings. The molecule has 0 aliphatic rings. The molecule has 0 bridgehead atoms. The Kier molecular flexibility index (Phi) is 4.57. The van der Waals surface area contributed by atoms with Crippen LogP contribution in [0.25, 0.3) is 0 Å². The molecule has 0 aliphatic carbocycles. The molecule has 1 aromatic heterocycles. The van der Waals surface area contributed by atoms with Gasteiger partial charge in [-0.3, -0.25) is 0 Å². The Balaban J connectivity index is 2.48. The highest BCUT2D eigenvalue weighted by Crippen LogP contribution is 2.20. The van der Waals surface area contributed by atoms with Crippen molar-refractivity contribution in [2.45, 2.75) is 25.1 Å². The van der Waals surface area contributed by atoms with Crippen molar-refractivity contribution in [3.05, 3.63) is 20.8 Å². The molecule has 1 N–H and O–H groups in total. The van der Waals surface area contributed by atoms with Crippen molar-refractivity contribution in [1.82, 2.24) is 5.32 Å². The lowest BCUT2D eigenvalue weighted by Crippen LogP contribution is -2.41. The van der Waals surface area contributed by atoms with Crippen LogP contribution in [0.5, 0.6) is 0 Å². The van der Waals surface area contributed by atoms with Gasteiger partial charge in [-0.15, -0.1) is 11.3 Å². The van der Waals surface area contributed by atoms with E-state index in [0.29, 0.717) is 13.1 Å². The summed E-state index contributed by atoms with van der Waals surface area (Å²) in [5.74, 6) is 0. The second kappa shape index (κ2) is 5.16. The molecule has 0 atom stereocenters. The fourth-order valence-corrected chi connectivity index (χ4v) is 2.85. The van der Waals surface area contributed by atoms with Gasteiger partial charge in [0.2, 0.25) is 0 Å². The third-order valence-electron chi connectivity index (χ3n) is 2.48. The molecule has 0 spiro atoms. The van der Waals surface area contributed by atoms with Crippen LogP contribution in [0.4, 0.5) is 0 Å². The Bertz CT molecular complexity index is 451. The number of thiophene rings is 1. The van der Waals surface area contributed by atoms with Gasteiger partial charge in [0.1, 0.15) is 0 Å². The Hall–Kier alpha value is 0.0900. The average molecular weight is 326 g/mol. The van der Waals surface area contributed by atoms with Gasteiger partial charge in [0.25, 0.3) is 0 Å². The van der Waals surface area contributed by atoms with Crippen LogP contribution in [0.3, 0.4) is 0 Å². The molecular weight excluding hydrogens is 310 g/mol. The molecule has 0 saturated carbocycles. The first kappa shape index (κ1) is 14.2. The molecule has 6 heteroatoms. The lowest BCUT2D eigenvalue weighted by molar-refractivity contribution is 0.522. The number of sulfone groups is 1. The SMILES string of the molecule is CC(C)(CNCc1cc(Br)cs1)S(C)(=O)=O. The Morgan fingerprint density at radius 3 is 2.56 bits per heavy atom. The summed E-state index contributed by atoms with van der Waals surface area (Å²) in [5, 5.41) is 5.18. The van der Waals surface area contributed by atoms with Crippen molar-refractivity contribution < 1.29 is 8.42 Å². The summed E-state index contributed by atoms with van der Waals surface area (Å²) < 4.78 is 23.3. The first-order valence-electron chi connectivity index (χ1n) is 4.85. The number of nitrogens with one attached hydrogen (secondary N) is 1. The predicted molar refractivity (Wildman–Crippen MR) is 72.6 cm³/mol. The van der Waals surface area contributed by atoms with E-state index < -0.39 is 14.6 Å². The van der Waals surface area contributed by atoms with E-state index in [1.165, 1.54) is 11.1 Å². The maximum atomic E-state index is 11.5. The molecule has 3 nitrogen and oxygen atoms in total. The zero-order valence-electron chi connectivity index (χ0n) is 9.58. The molecular formula is C10H16BrNO2S2. The molecule has 0 unspecified atom stereocenters. The molecule has 16 heavy (non-hydrogen) atoms. The van der Waals surface area contributed by atoms with Crippen LogP contribution in [0.2, 0.25) is 0 Å². The van der Waals surface area contributed by atoms with E-state index >= 15 is 0 Å². The van der Waals surface area contributed by atoms with Crippen LogP contribution in [0.1, 0.15) is 18.7 Å². The summed E-state index contributed by atoms with van der Waals surface area (Å²) in [5.41, 5.74) is 0.